The summed E-state index contributed by atoms with van der Waals surface area (Å²) in [5.74, 6) is -2.36. The quantitative estimate of drug-likeness (QED) is 0.674. The molecule has 0 unspecified atom stereocenters. The first-order valence-corrected chi connectivity index (χ1v) is 9.26. The molecule has 0 bridgehead atoms. The van der Waals surface area contributed by atoms with Crippen LogP contribution in [0, 0.1) is 5.92 Å². The van der Waals surface area contributed by atoms with Gasteiger partial charge in [-0.25, -0.2) is 18.4 Å². The summed E-state index contributed by atoms with van der Waals surface area (Å²) in [5.41, 5.74) is 0.989. The smallest absolute Gasteiger partial charge is 0.270 e. The molecule has 0 aliphatic carbocycles. The fourth-order valence-electron chi connectivity index (χ4n) is 3.41. The standard InChI is InChI=1S/C20H24F2N4O2/c1-5-15-23-18-16(19(28)24-15)14(10-27)25-26(18)17(11(2)3)12-6-8-13(9-7-12)20(4,21)22/h6-9,11,17,27H,5,10H2,1-4H3,(H,23,24,28)/t17-/m1/s1. The SMILES string of the molecule is CCc1nc2c(c(CO)nn2[C@@H](c2ccc(C(C)(F)F)cc2)C(C)C)c(=O)[nH]1. The van der Waals surface area contributed by atoms with E-state index in [1.807, 2.05) is 20.8 Å². The first-order chi connectivity index (χ1) is 13.2. The lowest BCUT2D eigenvalue weighted by Crippen LogP contribution is -2.20. The van der Waals surface area contributed by atoms with Crippen LogP contribution in [0.15, 0.2) is 29.1 Å². The number of aromatic amines is 1. The monoisotopic (exact) mass is 390 g/mol. The van der Waals surface area contributed by atoms with Crippen LogP contribution in [0.3, 0.4) is 0 Å². The fourth-order valence-corrected chi connectivity index (χ4v) is 3.41. The molecular weight excluding hydrogens is 366 g/mol. The zero-order valence-electron chi connectivity index (χ0n) is 16.3. The van der Waals surface area contributed by atoms with Gasteiger partial charge < -0.3 is 10.1 Å². The number of halogens is 2. The predicted octanol–water partition coefficient (Wildman–Crippen LogP) is 3.53. The summed E-state index contributed by atoms with van der Waals surface area (Å²) < 4.78 is 28.7. The largest absolute Gasteiger partial charge is 0.390 e. The van der Waals surface area contributed by atoms with Crippen LogP contribution in [0.1, 0.15) is 56.4 Å². The molecule has 0 amide bonds. The topological polar surface area (TPSA) is 83.8 Å². The van der Waals surface area contributed by atoms with E-state index in [1.54, 1.807) is 16.8 Å². The second-order valence-electron chi connectivity index (χ2n) is 7.31. The first-order valence-electron chi connectivity index (χ1n) is 9.26. The number of hydrogen-bond acceptors (Lipinski definition) is 4. The Morgan fingerprint density at radius 1 is 1.25 bits per heavy atom. The number of hydrogen-bond donors (Lipinski definition) is 2. The predicted molar refractivity (Wildman–Crippen MR) is 102 cm³/mol. The van der Waals surface area contributed by atoms with Crippen molar-refractivity contribution in [2.45, 2.75) is 52.7 Å². The van der Waals surface area contributed by atoms with Crippen molar-refractivity contribution in [3.63, 3.8) is 0 Å². The summed E-state index contributed by atoms with van der Waals surface area (Å²) in [5, 5.41) is 14.4. The molecular formula is C20H24F2N4O2. The van der Waals surface area contributed by atoms with Gasteiger partial charge in [-0.2, -0.15) is 5.10 Å². The first kappa shape index (κ1) is 20.1. The third-order valence-corrected chi connectivity index (χ3v) is 4.82. The highest BCUT2D eigenvalue weighted by molar-refractivity contribution is 5.77. The van der Waals surface area contributed by atoms with Gasteiger partial charge in [0.15, 0.2) is 5.65 Å². The van der Waals surface area contributed by atoms with Crippen molar-refractivity contribution in [3.05, 3.63) is 57.3 Å². The second-order valence-corrected chi connectivity index (χ2v) is 7.31. The minimum absolute atomic E-state index is 0.0359. The molecule has 1 aromatic carbocycles. The van der Waals surface area contributed by atoms with Crippen molar-refractivity contribution in [1.82, 2.24) is 19.7 Å². The molecule has 0 aliphatic rings. The van der Waals surface area contributed by atoms with E-state index in [-0.39, 0.29) is 34.2 Å². The van der Waals surface area contributed by atoms with Gasteiger partial charge >= 0.3 is 0 Å². The second kappa shape index (κ2) is 7.43. The molecule has 8 heteroatoms. The van der Waals surface area contributed by atoms with Gasteiger partial charge in [-0.05, 0) is 11.5 Å². The van der Waals surface area contributed by atoms with Gasteiger partial charge in [-0.1, -0.05) is 45.0 Å². The van der Waals surface area contributed by atoms with E-state index in [9.17, 15) is 18.7 Å². The van der Waals surface area contributed by atoms with E-state index in [1.165, 1.54) is 12.1 Å². The van der Waals surface area contributed by atoms with Crippen molar-refractivity contribution < 1.29 is 13.9 Å². The highest BCUT2D eigenvalue weighted by Gasteiger charge is 2.27. The third kappa shape index (κ3) is 3.56. The van der Waals surface area contributed by atoms with E-state index in [0.717, 1.165) is 12.5 Å². The van der Waals surface area contributed by atoms with Crippen LogP contribution in [0.5, 0.6) is 0 Å². The molecule has 0 radical (unpaired) electrons. The van der Waals surface area contributed by atoms with Crippen molar-refractivity contribution in [2.75, 3.05) is 0 Å². The van der Waals surface area contributed by atoms with Crippen LogP contribution in [0.25, 0.3) is 11.0 Å². The number of nitrogens with one attached hydrogen (secondary N) is 1. The Morgan fingerprint density at radius 2 is 1.89 bits per heavy atom. The minimum Gasteiger partial charge on any atom is -0.390 e. The molecule has 2 N–H and O–H groups in total. The molecule has 2 aromatic heterocycles. The number of aryl methyl sites for hydroxylation is 1. The summed E-state index contributed by atoms with van der Waals surface area (Å²) in [7, 11) is 0. The van der Waals surface area contributed by atoms with Crippen molar-refractivity contribution >= 4 is 11.0 Å². The maximum Gasteiger partial charge on any atom is 0.270 e. The molecule has 1 atom stereocenters. The minimum atomic E-state index is -2.92. The van der Waals surface area contributed by atoms with E-state index in [4.69, 9.17) is 0 Å². The lowest BCUT2D eigenvalue weighted by atomic mass is 9.94. The number of benzene rings is 1. The molecule has 0 fully saturated rings. The van der Waals surface area contributed by atoms with Crippen LogP contribution >= 0.6 is 0 Å². The number of H-pyrrole nitrogens is 1. The van der Waals surface area contributed by atoms with Gasteiger partial charge in [0.1, 0.15) is 16.9 Å². The summed E-state index contributed by atoms with van der Waals surface area (Å²) in [6.45, 7) is 6.30. The Kier molecular flexibility index (Phi) is 5.34. The van der Waals surface area contributed by atoms with Crippen molar-refractivity contribution in [2.24, 2.45) is 5.92 Å². The Morgan fingerprint density at radius 3 is 2.39 bits per heavy atom. The summed E-state index contributed by atoms with van der Waals surface area (Å²) in [4.78, 5) is 19.7. The molecule has 0 spiro atoms. The normalized spacial score (nSPS) is 13.4. The number of fused-ring (bicyclic) bond motifs is 1. The van der Waals surface area contributed by atoms with Gasteiger partial charge in [0.25, 0.3) is 11.5 Å². The maximum atomic E-state index is 13.6. The summed E-state index contributed by atoms with van der Waals surface area (Å²) in [6.07, 6.45) is 0.539. The van der Waals surface area contributed by atoms with Gasteiger partial charge in [-0.15, -0.1) is 0 Å². The Labute approximate surface area is 161 Å². The highest BCUT2D eigenvalue weighted by Crippen LogP contribution is 2.32. The Balaban J connectivity index is 2.21. The zero-order valence-corrected chi connectivity index (χ0v) is 16.3. The van der Waals surface area contributed by atoms with Crippen LogP contribution in [0.2, 0.25) is 0 Å². The summed E-state index contributed by atoms with van der Waals surface area (Å²) in [6, 6.07) is 5.78. The Hall–Kier alpha value is -2.61. The molecule has 3 aromatic rings. The van der Waals surface area contributed by atoms with E-state index >= 15 is 0 Å². The van der Waals surface area contributed by atoms with Crippen molar-refractivity contribution in [1.29, 1.82) is 0 Å². The lowest BCUT2D eigenvalue weighted by molar-refractivity contribution is 0.0174. The molecule has 3 rings (SSSR count). The van der Waals surface area contributed by atoms with Crippen LogP contribution in [-0.2, 0) is 19.0 Å². The average Bonchev–Trinajstić information content (AvgIpc) is 3.00. The van der Waals surface area contributed by atoms with E-state index in [0.29, 0.717) is 17.9 Å². The van der Waals surface area contributed by atoms with Gasteiger partial charge in [0, 0.05) is 18.9 Å². The number of rotatable bonds is 6. The number of aliphatic hydroxyl groups excluding tert-OH is 1. The molecule has 0 aliphatic heterocycles. The molecule has 2 heterocycles. The Bertz CT molecular complexity index is 1030. The average molecular weight is 390 g/mol. The highest BCUT2D eigenvalue weighted by atomic mass is 19.3. The molecule has 0 saturated carbocycles. The fraction of sp³-hybridized carbons (Fsp3) is 0.450. The number of nitrogens with zero attached hydrogens (tertiary/aromatic N) is 3. The van der Waals surface area contributed by atoms with Crippen LogP contribution < -0.4 is 5.56 Å². The molecule has 150 valence electrons. The number of alkyl halides is 2. The summed E-state index contributed by atoms with van der Waals surface area (Å²) >= 11 is 0. The van der Waals surface area contributed by atoms with Gasteiger partial charge in [0.2, 0.25) is 0 Å². The van der Waals surface area contributed by atoms with E-state index < -0.39 is 12.5 Å². The van der Waals surface area contributed by atoms with Crippen LogP contribution in [0.4, 0.5) is 8.78 Å². The molecule has 0 saturated heterocycles. The molecule has 28 heavy (non-hydrogen) atoms. The van der Waals surface area contributed by atoms with Crippen molar-refractivity contribution in [3.8, 4) is 0 Å². The van der Waals surface area contributed by atoms with Gasteiger partial charge in [-0.3, -0.25) is 4.79 Å². The van der Waals surface area contributed by atoms with Crippen LogP contribution in [-0.4, -0.2) is 24.9 Å². The number of aliphatic hydroxyl groups is 1. The maximum absolute atomic E-state index is 13.6. The van der Waals surface area contributed by atoms with E-state index in [2.05, 4.69) is 15.1 Å². The number of aromatic nitrogens is 4. The third-order valence-electron chi connectivity index (χ3n) is 4.82. The van der Waals surface area contributed by atoms with Gasteiger partial charge in [0.05, 0.1) is 12.6 Å². The zero-order chi connectivity index (χ0) is 20.6. The lowest BCUT2D eigenvalue weighted by Gasteiger charge is -2.23. The molecule has 6 nitrogen and oxygen atoms in total.